The SMILES string of the molecule is O=C(CCc1ccco1)N1CCCC(CCBr)C1. The number of nitrogens with zero attached hydrogens (tertiary/aromatic N) is 1. The summed E-state index contributed by atoms with van der Waals surface area (Å²) in [6, 6.07) is 3.80. The van der Waals surface area contributed by atoms with Gasteiger partial charge in [-0.25, -0.2) is 0 Å². The number of amides is 1. The van der Waals surface area contributed by atoms with Crippen LogP contribution in [0.2, 0.25) is 0 Å². The Morgan fingerprint density at radius 1 is 1.56 bits per heavy atom. The number of hydrogen-bond donors (Lipinski definition) is 0. The molecule has 1 aromatic heterocycles. The predicted molar refractivity (Wildman–Crippen MR) is 74.7 cm³/mol. The zero-order chi connectivity index (χ0) is 12.8. The van der Waals surface area contributed by atoms with Crippen LogP contribution in [0.4, 0.5) is 0 Å². The molecule has 0 N–H and O–H groups in total. The van der Waals surface area contributed by atoms with E-state index in [9.17, 15) is 4.79 Å². The summed E-state index contributed by atoms with van der Waals surface area (Å²) in [5.74, 6) is 1.84. The number of carbonyl (C=O) groups excluding carboxylic acids is 1. The molecule has 1 fully saturated rings. The van der Waals surface area contributed by atoms with Gasteiger partial charge in [-0.1, -0.05) is 15.9 Å². The van der Waals surface area contributed by atoms with Crippen molar-refractivity contribution in [1.29, 1.82) is 0 Å². The molecule has 0 radical (unpaired) electrons. The lowest BCUT2D eigenvalue weighted by Gasteiger charge is -2.32. The van der Waals surface area contributed by atoms with Gasteiger partial charge in [0, 0.05) is 31.3 Å². The molecule has 1 unspecified atom stereocenters. The molecule has 100 valence electrons. The summed E-state index contributed by atoms with van der Waals surface area (Å²) in [6.07, 6.45) is 6.51. The number of furan rings is 1. The summed E-state index contributed by atoms with van der Waals surface area (Å²) in [4.78, 5) is 14.1. The molecule has 1 aromatic rings. The second-order valence-electron chi connectivity index (χ2n) is 4.91. The minimum Gasteiger partial charge on any atom is -0.469 e. The van der Waals surface area contributed by atoms with E-state index in [2.05, 4.69) is 15.9 Å². The van der Waals surface area contributed by atoms with Crippen LogP contribution in [0.5, 0.6) is 0 Å². The van der Waals surface area contributed by atoms with E-state index in [1.807, 2.05) is 17.0 Å². The fourth-order valence-corrected chi connectivity index (χ4v) is 3.17. The molecule has 2 heterocycles. The van der Waals surface area contributed by atoms with Gasteiger partial charge in [-0.05, 0) is 37.3 Å². The highest BCUT2D eigenvalue weighted by atomic mass is 79.9. The van der Waals surface area contributed by atoms with Crippen molar-refractivity contribution in [3.05, 3.63) is 24.2 Å². The summed E-state index contributed by atoms with van der Waals surface area (Å²) < 4.78 is 5.25. The molecule has 0 saturated carbocycles. The van der Waals surface area contributed by atoms with E-state index in [1.54, 1.807) is 6.26 Å². The summed E-state index contributed by atoms with van der Waals surface area (Å²) in [7, 11) is 0. The number of carbonyl (C=O) groups is 1. The van der Waals surface area contributed by atoms with E-state index in [0.29, 0.717) is 18.8 Å². The zero-order valence-electron chi connectivity index (χ0n) is 10.6. The Hall–Kier alpha value is -0.770. The maximum atomic E-state index is 12.1. The molecule has 0 spiro atoms. The smallest absolute Gasteiger partial charge is 0.223 e. The standard InChI is InChI=1S/C14H20BrNO2/c15-8-7-12-3-1-9-16(11-12)14(17)6-5-13-4-2-10-18-13/h2,4,10,12H,1,3,5-9,11H2. The van der Waals surface area contributed by atoms with E-state index < -0.39 is 0 Å². The Morgan fingerprint density at radius 3 is 3.17 bits per heavy atom. The summed E-state index contributed by atoms with van der Waals surface area (Å²) in [5.41, 5.74) is 0. The van der Waals surface area contributed by atoms with Crippen molar-refractivity contribution in [3.63, 3.8) is 0 Å². The lowest BCUT2D eigenvalue weighted by molar-refractivity contribution is -0.133. The second kappa shape index (κ2) is 6.98. The Balaban J connectivity index is 1.77. The summed E-state index contributed by atoms with van der Waals surface area (Å²) >= 11 is 3.48. The van der Waals surface area contributed by atoms with Gasteiger partial charge in [0.25, 0.3) is 0 Å². The Bertz CT molecular complexity index is 362. The largest absolute Gasteiger partial charge is 0.469 e. The molecular formula is C14H20BrNO2. The molecule has 2 rings (SSSR count). The highest BCUT2D eigenvalue weighted by molar-refractivity contribution is 9.09. The third-order valence-electron chi connectivity index (χ3n) is 3.55. The third-order valence-corrected chi connectivity index (χ3v) is 4.01. The van der Waals surface area contributed by atoms with Crippen LogP contribution in [0.25, 0.3) is 0 Å². The summed E-state index contributed by atoms with van der Waals surface area (Å²) in [5, 5.41) is 1.03. The number of rotatable bonds is 5. The molecule has 1 atom stereocenters. The number of aryl methyl sites for hydroxylation is 1. The van der Waals surface area contributed by atoms with Crippen molar-refractivity contribution < 1.29 is 9.21 Å². The molecule has 1 aliphatic rings. The molecule has 3 nitrogen and oxygen atoms in total. The van der Waals surface area contributed by atoms with Gasteiger partial charge in [0.05, 0.1) is 6.26 Å². The first-order chi connectivity index (χ1) is 8.79. The van der Waals surface area contributed by atoms with Crippen LogP contribution in [-0.2, 0) is 11.2 Å². The van der Waals surface area contributed by atoms with Crippen molar-refractivity contribution in [2.45, 2.75) is 32.1 Å². The van der Waals surface area contributed by atoms with Crippen LogP contribution in [0, 0.1) is 5.92 Å². The fourth-order valence-electron chi connectivity index (χ4n) is 2.52. The molecule has 0 aliphatic carbocycles. The molecule has 0 aromatic carbocycles. The third kappa shape index (κ3) is 3.87. The van der Waals surface area contributed by atoms with Gasteiger partial charge in [-0.3, -0.25) is 4.79 Å². The molecule has 1 amide bonds. The lowest BCUT2D eigenvalue weighted by Crippen LogP contribution is -2.40. The summed E-state index contributed by atoms with van der Waals surface area (Å²) in [6.45, 7) is 1.86. The second-order valence-corrected chi connectivity index (χ2v) is 5.70. The first kappa shape index (κ1) is 13.7. The number of likely N-dealkylation sites (tertiary alicyclic amines) is 1. The quantitative estimate of drug-likeness (QED) is 0.782. The predicted octanol–water partition coefficient (Wildman–Crippen LogP) is 3.24. The van der Waals surface area contributed by atoms with Crippen molar-refractivity contribution in [3.8, 4) is 0 Å². The van der Waals surface area contributed by atoms with Gasteiger partial charge in [0.15, 0.2) is 0 Å². The molecule has 18 heavy (non-hydrogen) atoms. The number of alkyl halides is 1. The maximum Gasteiger partial charge on any atom is 0.223 e. The Morgan fingerprint density at radius 2 is 2.44 bits per heavy atom. The Labute approximate surface area is 117 Å². The average molecular weight is 314 g/mol. The minimum atomic E-state index is 0.269. The Kier molecular flexibility index (Phi) is 5.29. The van der Waals surface area contributed by atoms with Gasteiger partial charge in [-0.2, -0.15) is 0 Å². The maximum absolute atomic E-state index is 12.1. The normalized spacial score (nSPS) is 20.1. The van der Waals surface area contributed by atoms with Crippen LogP contribution in [0.15, 0.2) is 22.8 Å². The molecule has 4 heteroatoms. The van der Waals surface area contributed by atoms with Gasteiger partial charge in [0.2, 0.25) is 5.91 Å². The van der Waals surface area contributed by atoms with E-state index >= 15 is 0 Å². The number of hydrogen-bond acceptors (Lipinski definition) is 2. The number of piperidine rings is 1. The first-order valence-electron chi connectivity index (χ1n) is 6.65. The van der Waals surface area contributed by atoms with Gasteiger partial charge in [0.1, 0.15) is 5.76 Å². The van der Waals surface area contributed by atoms with E-state index in [0.717, 1.165) is 30.6 Å². The van der Waals surface area contributed by atoms with Crippen LogP contribution >= 0.6 is 15.9 Å². The van der Waals surface area contributed by atoms with Crippen molar-refractivity contribution in [1.82, 2.24) is 4.90 Å². The van der Waals surface area contributed by atoms with Gasteiger partial charge >= 0.3 is 0 Å². The van der Waals surface area contributed by atoms with Crippen molar-refractivity contribution in [2.24, 2.45) is 5.92 Å². The van der Waals surface area contributed by atoms with Crippen LogP contribution in [0.3, 0.4) is 0 Å². The van der Waals surface area contributed by atoms with Crippen LogP contribution < -0.4 is 0 Å². The molecule has 0 bridgehead atoms. The zero-order valence-corrected chi connectivity index (χ0v) is 12.2. The highest BCUT2D eigenvalue weighted by Gasteiger charge is 2.22. The minimum absolute atomic E-state index is 0.269. The van der Waals surface area contributed by atoms with Crippen molar-refractivity contribution in [2.75, 3.05) is 18.4 Å². The van der Waals surface area contributed by atoms with E-state index in [4.69, 9.17) is 4.42 Å². The topological polar surface area (TPSA) is 33.5 Å². The first-order valence-corrected chi connectivity index (χ1v) is 7.78. The average Bonchev–Trinajstić information content (AvgIpc) is 2.90. The molecular weight excluding hydrogens is 294 g/mol. The monoisotopic (exact) mass is 313 g/mol. The lowest BCUT2D eigenvalue weighted by atomic mass is 9.95. The number of halogens is 1. The van der Waals surface area contributed by atoms with Crippen LogP contribution in [-0.4, -0.2) is 29.2 Å². The highest BCUT2D eigenvalue weighted by Crippen LogP contribution is 2.21. The van der Waals surface area contributed by atoms with Crippen molar-refractivity contribution >= 4 is 21.8 Å². The van der Waals surface area contributed by atoms with E-state index in [-0.39, 0.29) is 5.91 Å². The van der Waals surface area contributed by atoms with E-state index in [1.165, 1.54) is 12.8 Å². The van der Waals surface area contributed by atoms with Gasteiger partial charge < -0.3 is 9.32 Å². The fraction of sp³-hybridized carbons (Fsp3) is 0.643. The van der Waals surface area contributed by atoms with Gasteiger partial charge in [-0.15, -0.1) is 0 Å². The van der Waals surface area contributed by atoms with Crippen LogP contribution in [0.1, 0.15) is 31.4 Å². The molecule has 1 saturated heterocycles. The molecule has 1 aliphatic heterocycles.